The smallest absolute Gasteiger partial charge is 0.127 e. The maximum absolute atomic E-state index is 5.70. The highest BCUT2D eigenvalue weighted by Gasteiger charge is 1.96. The van der Waals surface area contributed by atoms with Gasteiger partial charge < -0.3 is 4.74 Å². The summed E-state index contributed by atoms with van der Waals surface area (Å²) in [6.45, 7) is 4.07. The minimum Gasteiger partial charge on any atom is -0.458 e. The van der Waals surface area contributed by atoms with E-state index in [2.05, 4.69) is 28.9 Å². The fourth-order valence-electron chi connectivity index (χ4n) is 1.15. The van der Waals surface area contributed by atoms with Gasteiger partial charge in [0.2, 0.25) is 0 Å². The van der Waals surface area contributed by atoms with Gasteiger partial charge in [-0.2, -0.15) is 0 Å². The number of rotatable bonds is 4. The highest BCUT2D eigenvalue weighted by Crippen LogP contribution is 2.18. The van der Waals surface area contributed by atoms with E-state index in [0.29, 0.717) is 0 Å². The monoisotopic (exact) mass is 266 g/mol. The molecule has 0 atom stereocenters. The van der Waals surface area contributed by atoms with Crippen LogP contribution in [-0.4, -0.2) is 0 Å². The summed E-state index contributed by atoms with van der Waals surface area (Å²) in [5.74, 6) is 1.75. The SMILES string of the molecule is C/C=C\C(=C/CC)Oc1ccc(Br)cc1. The van der Waals surface area contributed by atoms with Crippen LogP contribution in [0, 0.1) is 0 Å². The summed E-state index contributed by atoms with van der Waals surface area (Å²) < 4.78 is 6.76. The molecule has 1 aromatic rings. The summed E-state index contributed by atoms with van der Waals surface area (Å²) in [4.78, 5) is 0. The molecule has 1 nitrogen and oxygen atoms in total. The molecule has 2 heteroatoms. The van der Waals surface area contributed by atoms with Gasteiger partial charge in [-0.15, -0.1) is 0 Å². The summed E-state index contributed by atoms with van der Waals surface area (Å²) in [5, 5.41) is 0. The van der Waals surface area contributed by atoms with Crippen LogP contribution >= 0.6 is 15.9 Å². The second kappa shape index (κ2) is 6.46. The zero-order valence-corrected chi connectivity index (χ0v) is 10.6. The Balaban J connectivity index is 2.74. The maximum Gasteiger partial charge on any atom is 0.127 e. The van der Waals surface area contributed by atoms with Gasteiger partial charge in [0.05, 0.1) is 0 Å². The second-order valence-electron chi connectivity index (χ2n) is 3.07. The zero-order chi connectivity index (χ0) is 11.1. The summed E-state index contributed by atoms with van der Waals surface area (Å²) in [6, 6.07) is 7.82. The van der Waals surface area contributed by atoms with Crippen LogP contribution in [0.15, 0.2) is 52.7 Å². The Morgan fingerprint density at radius 1 is 1.33 bits per heavy atom. The molecule has 0 saturated heterocycles. The van der Waals surface area contributed by atoms with Crippen molar-refractivity contribution in [2.24, 2.45) is 0 Å². The van der Waals surface area contributed by atoms with E-state index in [9.17, 15) is 0 Å². The lowest BCUT2D eigenvalue weighted by Gasteiger charge is -2.06. The summed E-state index contributed by atoms with van der Waals surface area (Å²) >= 11 is 3.39. The van der Waals surface area contributed by atoms with E-state index in [0.717, 1.165) is 22.4 Å². The van der Waals surface area contributed by atoms with Gasteiger partial charge >= 0.3 is 0 Å². The van der Waals surface area contributed by atoms with Crippen LogP contribution in [0.3, 0.4) is 0 Å². The third-order valence-electron chi connectivity index (χ3n) is 1.79. The van der Waals surface area contributed by atoms with Crippen LogP contribution in [-0.2, 0) is 0 Å². The normalized spacial score (nSPS) is 12.1. The fourth-order valence-corrected chi connectivity index (χ4v) is 1.41. The molecule has 0 amide bonds. The molecule has 0 N–H and O–H groups in total. The maximum atomic E-state index is 5.70. The number of allylic oxidation sites excluding steroid dienone is 3. The van der Waals surface area contributed by atoms with E-state index in [1.807, 2.05) is 43.3 Å². The van der Waals surface area contributed by atoms with E-state index in [1.54, 1.807) is 0 Å². The lowest BCUT2D eigenvalue weighted by Crippen LogP contribution is -1.91. The van der Waals surface area contributed by atoms with Crippen LogP contribution in [0.1, 0.15) is 20.3 Å². The lowest BCUT2D eigenvalue weighted by molar-refractivity contribution is 0.442. The standard InChI is InChI=1S/C13H15BrO/c1-3-5-12(6-4-2)15-13-9-7-11(14)8-10-13/h3,5-10H,4H2,1-2H3/b5-3-,12-6+. The molecule has 0 fully saturated rings. The van der Waals surface area contributed by atoms with Crippen LogP contribution in [0.5, 0.6) is 5.75 Å². The van der Waals surface area contributed by atoms with Crippen molar-refractivity contribution in [3.8, 4) is 5.75 Å². The van der Waals surface area contributed by atoms with Gasteiger partial charge in [-0.1, -0.05) is 28.9 Å². The third-order valence-corrected chi connectivity index (χ3v) is 2.31. The van der Waals surface area contributed by atoms with Gasteiger partial charge in [0, 0.05) is 4.47 Å². The Bertz CT molecular complexity index is 349. The Hall–Kier alpha value is -1.02. The molecule has 0 aliphatic rings. The summed E-state index contributed by atoms with van der Waals surface area (Å²) in [6.07, 6.45) is 6.96. The number of ether oxygens (including phenoxy) is 1. The van der Waals surface area contributed by atoms with Crippen molar-refractivity contribution < 1.29 is 4.74 Å². The highest BCUT2D eigenvalue weighted by molar-refractivity contribution is 9.10. The third kappa shape index (κ3) is 4.34. The van der Waals surface area contributed by atoms with Gasteiger partial charge in [0.15, 0.2) is 0 Å². The van der Waals surface area contributed by atoms with Crippen LogP contribution in [0.25, 0.3) is 0 Å². The molecule has 0 aliphatic heterocycles. The molecule has 0 heterocycles. The molecule has 0 aromatic heterocycles. The lowest BCUT2D eigenvalue weighted by atomic mass is 10.3. The topological polar surface area (TPSA) is 9.23 Å². The van der Waals surface area contributed by atoms with Crippen molar-refractivity contribution in [2.45, 2.75) is 20.3 Å². The Labute approximate surface area is 99.6 Å². The van der Waals surface area contributed by atoms with Gasteiger partial charge in [0.1, 0.15) is 11.5 Å². The Kier molecular flexibility index (Phi) is 5.19. The molecule has 0 spiro atoms. The first-order valence-corrected chi connectivity index (χ1v) is 5.81. The minimum atomic E-state index is 0.857. The van der Waals surface area contributed by atoms with E-state index >= 15 is 0 Å². The second-order valence-corrected chi connectivity index (χ2v) is 3.99. The summed E-state index contributed by atoms with van der Waals surface area (Å²) in [7, 11) is 0. The Morgan fingerprint density at radius 3 is 2.53 bits per heavy atom. The van der Waals surface area contributed by atoms with Crippen molar-refractivity contribution in [3.05, 3.63) is 52.7 Å². The van der Waals surface area contributed by atoms with Gasteiger partial charge in [-0.25, -0.2) is 0 Å². The molecule has 80 valence electrons. The molecular formula is C13H15BrO. The molecule has 0 unspecified atom stereocenters. The first kappa shape index (κ1) is 12.1. The van der Waals surface area contributed by atoms with Crippen molar-refractivity contribution in [2.75, 3.05) is 0 Å². The van der Waals surface area contributed by atoms with E-state index in [-0.39, 0.29) is 0 Å². The van der Waals surface area contributed by atoms with Gasteiger partial charge in [-0.3, -0.25) is 0 Å². The van der Waals surface area contributed by atoms with Crippen LogP contribution < -0.4 is 4.74 Å². The number of hydrogen-bond acceptors (Lipinski definition) is 1. The molecule has 15 heavy (non-hydrogen) atoms. The van der Waals surface area contributed by atoms with E-state index < -0.39 is 0 Å². The number of hydrogen-bond donors (Lipinski definition) is 0. The van der Waals surface area contributed by atoms with Crippen molar-refractivity contribution in [1.29, 1.82) is 0 Å². The molecule has 1 aromatic carbocycles. The molecule has 0 bridgehead atoms. The zero-order valence-electron chi connectivity index (χ0n) is 9.03. The van der Waals surface area contributed by atoms with E-state index in [4.69, 9.17) is 4.74 Å². The average molecular weight is 267 g/mol. The predicted octanol–water partition coefficient (Wildman–Crippen LogP) is 4.70. The van der Waals surface area contributed by atoms with Gasteiger partial charge in [0.25, 0.3) is 0 Å². The average Bonchev–Trinajstić information content (AvgIpc) is 2.22. The molecule has 0 radical (unpaired) electrons. The molecule has 0 aliphatic carbocycles. The predicted molar refractivity (Wildman–Crippen MR) is 68.0 cm³/mol. The first-order valence-electron chi connectivity index (χ1n) is 5.02. The minimum absolute atomic E-state index is 0.857. The van der Waals surface area contributed by atoms with Crippen molar-refractivity contribution in [3.63, 3.8) is 0 Å². The fraction of sp³-hybridized carbons (Fsp3) is 0.231. The number of benzene rings is 1. The Morgan fingerprint density at radius 2 is 2.00 bits per heavy atom. The highest BCUT2D eigenvalue weighted by atomic mass is 79.9. The quantitative estimate of drug-likeness (QED) is 0.567. The largest absolute Gasteiger partial charge is 0.458 e. The molecule has 1 rings (SSSR count). The van der Waals surface area contributed by atoms with Crippen LogP contribution in [0.4, 0.5) is 0 Å². The summed E-state index contributed by atoms with van der Waals surface area (Å²) in [5.41, 5.74) is 0. The van der Waals surface area contributed by atoms with Gasteiger partial charge in [-0.05, 0) is 49.8 Å². The molecular weight excluding hydrogens is 252 g/mol. The first-order chi connectivity index (χ1) is 7.26. The number of halogens is 1. The van der Waals surface area contributed by atoms with Crippen molar-refractivity contribution in [1.82, 2.24) is 0 Å². The van der Waals surface area contributed by atoms with Crippen LogP contribution in [0.2, 0.25) is 0 Å². The van der Waals surface area contributed by atoms with Crippen molar-refractivity contribution >= 4 is 15.9 Å². The van der Waals surface area contributed by atoms with E-state index in [1.165, 1.54) is 0 Å². The molecule has 0 saturated carbocycles.